The summed E-state index contributed by atoms with van der Waals surface area (Å²) in [6, 6.07) is 10.5. The minimum atomic E-state index is -0.225. The van der Waals surface area contributed by atoms with E-state index in [0.29, 0.717) is 41.0 Å². The zero-order valence-electron chi connectivity index (χ0n) is 13.9. The number of methoxy groups -OCH3 is 2. The Hall–Kier alpha value is -2.40. The number of carbonyl (C=O) groups excluding carboxylic acids is 1. The minimum absolute atomic E-state index is 0.225. The molecule has 128 valence electrons. The number of halogens is 1. The molecule has 0 spiro atoms. The highest BCUT2D eigenvalue weighted by molar-refractivity contribution is 6.32. The number of carbonyl (C=O) groups is 1. The zero-order valence-corrected chi connectivity index (χ0v) is 14.6. The fourth-order valence-electron chi connectivity index (χ4n) is 2.15. The average molecular weight is 350 g/mol. The summed E-state index contributed by atoms with van der Waals surface area (Å²) in [4.78, 5) is 12.3. The zero-order chi connectivity index (χ0) is 17.5. The summed E-state index contributed by atoms with van der Waals surface area (Å²) in [5, 5.41) is 3.37. The highest BCUT2D eigenvalue weighted by atomic mass is 35.5. The van der Waals surface area contributed by atoms with Crippen LogP contribution in [-0.4, -0.2) is 26.7 Å². The summed E-state index contributed by atoms with van der Waals surface area (Å²) >= 11 is 6.15. The van der Waals surface area contributed by atoms with Crippen molar-refractivity contribution in [1.82, 2.24) is 5.32 Å². The van der Waals surface area contributed by atoms with Crippen LogP contribution in [0.4, 0.5) is 0 Å². The van der Waals surface area contributed by atoms with Crippen LogP contribution in [0.5, 0.6) is 17.2 Å². The predicted octanol–water partition coefficient (Wildman–Crippen LogP) is 3.69. The minimum Gasteiger partial charge on any atom is -0.497 e. The van der Waals surface area contributed by atoms with Gasteiger partial charge >= 0.3 is 0 Å². The first kappa shape index (κ1) is 17.9. The van der Waals surface area contributed by atoms with Gasteiger partial charge in [0.2, 0.25) is 0 Å². The Morgan fingerprint density at radius 1 is 1.08 bits per heavy atom. The van der Waals surface area contributed by atoms with Gasteiger partial charge in [-0.25, -0.2) is 0 Å². The third kappa shape index (κ3) is 4.55. The molecule has 0 radical (unpaired) electrons. The number of ether oxygens (including phenoxy) is 3. The van der Waals surface area contributed by atoms with Crippen LogP contribution in [0, 0.1) is 0 Å². The molecule has 0 aliphatic rings. The maximum absolute atomic E-state index is 12.3. The highest BCUT2D eigenvalue weighted by Crippen LogP contribution is 2.26. The second-order valence-corrected chi connectivity index (χ2v) is 5.39. The molecule has 0 aliphatic carbocycles. The maximum Gasteiger partial charge on any atom is 0.251 e. The van der Waals surface area contributed by atoms with Gasteiger partial charge < -0.3 is 19.5 Å². The van der Waals surface area contributed by atoms with Crippen LogP contribution in [0.2, 0.25) is 5.02 Å². The lowest BCUT2D eigenvalue weighted by molar-refractivity contribution is 0.0950. The molecule has 0 aromatic heterocycles. The standard InChI is InChI=1S/C18H20ClNO4/c1-4-24-17-6-5-12(7-16(17)19)11-20-18(21)13-8-14(22-2)10-15(9-13)23-3/h5-10H,4,11H2,1-3H3,(H,20,21). The third-order valence-electron chi connectivity index (χ3n) is 3.36. The summed E-state index contributed by atoms with van der Waals surface area (Å²) in [6.45, 7) is 2.80. The molecule has 1 N–H and O–H groups in total. The van der Waals surface area contributed by atoms with Gasteiger partial charge in [0, 0.05) is 18.2 Å². The first-order chi connectivity index (χ1) is 11.6. The monoisotopic (exact) mass is 349 g/mol. The third-order valence-corrected chi connectivity index (χ3v) is 3.66. The number of amides is 1. The van der Waals surface area contributed by atoms with E-state index in [-0.39, 0.29) is 5.91 Å². The van der Waals surface area contributed by atoms with Crippen molar-refractivity contribution < 1.29 is 19.0 Å². The highest BCUT2D eigenvalue weighted by Gasteiger charge is 2.10. The Kier molecular flexibility index (Phi) is 6.32. The van der Waals surface area contributed by atoms with Crippen molar-refractivity contribution in [3.05, 3.63) is 52.5 Å². The van der Waals surface area contributed by atoms with Gasteiger partial charge in [-0.1, -0.05) is 17.7 Å². The molecular weight excluding hydrogens is 330 g/mol. The molecule has 0 atom stereocenters. The van der Waals surface area contributed by atoms with E-state index < -0.39 is 0 Å². The van der Waals surface area contributed by atoms with Crippen LogP contribution in [-0.2, 0) is 6.54 Å². The smallest absolute Gasteiger partial charge is 0.251 e. The Labute approximate surface area is 146 Å². The quantitative estimate of drug-likeness (QED) is 0.828. The van der Waals surface area contributed by atoms with Crippen molar-refractivity contribution in [3.63, 3.8) is 0 Å². The van der Waals surface area contributed by atoms with Crippen LogP contribution in [0.3, 0.4) is 0 Å². The molecule has 0 fully saturated rings. The van der Waals surface area contributed by atoms with Gasteiger partial charge in [0.15, 0.2) is 0 Å². The topological polar surface area (TPSA) is 56.8 Å². The van der Waals surface area contributed by atoms with Crippen molar-refractivity contribution in [1.29, 1.82) is 0 Å². The second-order valence-electron chi connectivity index (χ2n) is 4.98. The Balaban J connectivity index is 2.06. The van der Waals surface area contributed by atoms with Gasteiger partial charge in [0.25, 0.3) is 5.91 Å². The van der Waals surface area contributed by atoms with E-state index in [4.69, 9.17) is 25.8 Å². The molecule has 0 saturated carbocycles. The van der Waals surface area contributed by atoms with Crippen LogP contribution in [0.1, 0.15) is 22.8 Å². The van der Waals surface area contributed by atoms with Crippen molar-refractivity contribution in [3.8, 4) is 17.2 Å². The molecule has 0 bridgehead atoms. The molecule has 0 aliphatic heterocycles. The first-order valence-corrected chi connectivity index (χ1v) is 7.87. The summed E-state index contributed by atoms with van der Waals surface area (Å²) in [5.74, 6) is 1.52. The Bertz CT molecular complexity index is 696. The van der Waals surface area contributed by atoms with E-state index in [0.717, 1.165) is 5.56 Å². The van der Waals surface area contributed by atoms with Gasteiger partial charge in [0.05, 0.1) is 25.8 Å². The summed E-state index contributed by atoms with van der Waals surface area (Å²) in [7, 11) is 3.08. The lowest BCUT2D eigenvalue weighted by atomic mass is 10.1. The summed E-state index contributed by atoms with van der Waals surface area (Å²) in [5.41, 5.74) is 1.34. The van der Waals surface area contributed by atoms with Crippen molar-refractivity contribution >= 4 is 17.5 Å². The number of nitrogens with one attached hydrogen (secondary N) is 1. The largest absolute Gasteiger partial charge is 0.497 e. The molecule has 0 unspecified atom stereocenters. The molecule has 24 heavy (non-hydrogen) atoms. The lowest BCUT2D eigenvalue weighted by Crippen LogP contribution is -2.22. The summed E-state index contributed by atoms with van der Waals surface area (Å²) < 4.78 is 15.7. The normalized spacial score (nSPS) is 10.2. The molecule has 2 rings (SSSR count). The van der Waals surface area contributed by atoms with Crippen LogP contribution >= 0.6 is 11.6 Å². The number of hydrogen-bond acceptors (Lipinski definition) is 4. The number of benzene rings is 2. The fraction of sp³-hybridized carbons (Fsp3) is 0.278. The maximum atomic E-state index is 12.3. The molecule has 5 nitrogen and oxygen atoms in total. The number of hydrogen-bond donors (Lipinski definition) is 1. The van der Waals surface area contributed by atoms with Crippen molar-refractivity contribution in [2.75, 3.05) is 20.8 Å². The van der Waals surface area contributed by atoms with E-state index in [1.54, 1.807) is 44.6 Å². The SMILES string of the molecule is CCOc1ccc(CNC(=O)c2cc(OC)cc(OC)c2)cc1Cl. The van der Waals surface area contributed by atoms with Crippen LogP contribution in [0.15, 0.2) is 36.4 Å². The molecule has 2 aromatic rings. The van der Waals surface area contributed by atoms with Crippen LogP contribution < -0.4 is 19.5 Å². The van der Waals surface area contributed by atoms with Gasteiger partial charge in [-0.3, -0.25) is 4.79 Å². The van der Waals surface area contributed by atoms with Crippen molar-refractivity contribution in [2.45, 2.75) is 13.5 Å². The molecular formula is C18H20ClNO4. The van der Waals surface area contributed by atoms with Gasteiger partial charge in [0.1, 0.15) is 17.2 Å². The van der Waals surface area contributed by atoms with E-state index in [2.05, 4.69) is 5.32 Å². The lowest BCUT2D eigenvalue weighted by Gasteiger charge is -2.10. The van der Waals surface area contributed by atoms with E-state index >= 15 is 0 Å². The van der Waals surface area contributed by atoms with Gasteiger partial charge in [-0.05, 0) is 36.8 Å². The Morgan fingerprint density at radius 2 is 1.75 bits per heavy atom. The molecule has 0 saturated heterocycles. The fourth-order valence-corrected chi connectivity index (χ4v) is 2.41. The van der Waals surface area contributed by atoms with E-state index in [1.165, 1.54) is 0 Å². The molecule has 1 amide bonds. The average Bonchev–Trinajstić information content (AvgIpc) is 2.61. The van der Waals surface area contributed by atoms with Gasteiger partial charge in [-0.2, -0.15) is 0 Å². The molecule has 6 heteroatoms. The second kappa shape index (κ2) is 8.45. The number of rotatable bonds is 7. The Morgan fingerprint density at radius 3 is 2.29 bits per heavy atom. The molecule has 2 aromatic carbocycles. The first-order valence-electron chi connectivity index (χ1n) is 7.49. The van der Waals surface area contributed by atoms with Crippen molar-refractivity contribution in [2.24, 2.45) is 0 Å². The van der Waals surface area contributed by atoms with E-state index in [1.807, 2.05) is 13.0 Å². The van der Waals surface area contributed by atoms with E-state index in [9.17, 15) is 4.79 Å². The summed E-state index contributed by atoms with van der Waals surface area (Å²) in [6.07, 6.45) is 0. The van der Waals surface area contributed by atoms with Crippen LogP contribution in [0.25, 0.3) is 0 Å². The van der Waals surface area contributed by atoms with Gasteiger partial charge in [-0.15, -0.1) is 0 Å². The predicted molar refractivity (Wildman–Crippen MR) is 93.3 cm³/mol. The molecule has 0 heterocycles.